The van der Waals surface area contributed by atoms with Crippen LogP contribution in [0.2, 0.25) is 0 Å². The molecule has 2 atom stereocenters. The Morgan fingerprint density at radius 1 is 1.36 bits per heavy atom. The highest BCUT2D eigenvalue weighted by atomic mass is 16.4. The first kappa shape index (κ1) is 16.6. The van der Waals surface area contributed by atoms with E-state index in [2.05, 4.69) is 30.6 Å². The molecule has 142 valence electrons. The van der Waals surface area contributed by atoms with Crippen LogP contribution in [0.1, 0.15) is 18.1 Å². The fraction of sp³-hybridized carbons (Fsp3) is 0.333. The van der Waals surface area contributed by atoms with Gasteiger partial charge in [0.1, 0.15) is 23.0 Å². The fourth-order valence-electron chi connectivity index (χ4n) is 3.95. The number of carboxylic acids is 1. The van der Waals surface area contributed by atoms with Crippen molar-refractivity contribution >= 4 is 33.9 Å². The number of aromatic nitrogens is 6. The predicted octanol–water partition coefficient (Wildman–Crippen LogP) is 1.72. The van der Waals surface area contributed by atoms with Gasteiger partial charge in [-0.05, 0) is 31.4 Å². The van der Waals surface area contributed by atoms with Gasteiger partial charge in [-0.15, -0.1) is 10.2 Å². The second-order valence-electron chi connectivity index (χ2n) is 7.01. The summed E-state index contributed by atoms with van der Waals surface area (Å²) in [5, 5.41) is 24.7. The number of tetrazole rings is 1. The van der Waals surface area contributed by atoms with Crippen molar-refractivity contribution in [2.45, 2.75) is 25.8 Å². The molecule has 3 aromatic heterocycles. The summed E-state index contributed by atoms with van der Waals surface area (Å²) in [4.78, 5) is 22.8. The van der Waals surface area contributed by atoms with Crippen LogP contribution in [0.5, 0.6) is 0 Å². The van der Waals surface area contributed by atoms with Crippen LogP contribution in [-0.2, 0) is 11.2 Å². The maximum atomic E-state index is 12.0. The summed E-state index contributed by atoms with van der Waals surface area (Å²) in [6.07, 6.45) is 1.01. The molecule has 0 amide bonds. The number of aliphatic carboxylic acids is 1. The van der Waals surface area contributed by atoms with Crippen LogP contribution in [-0.4, -0.2) is 54.3 Å². The summed E-state index contributed by atoms with van der Waals surface area (Å²) < 4.78 is 6.02. The molecule has 0 radical (unpaired) electrons. The highest BCUT2D eigenvalue weighted by molar-refractivity contribution is 6.06. The Kier molecular flexibility index (Phi) is 3.71. The minimum Gasteiger partial charge on any atom is -0.480 e. The minimum atomic E-state index is -0.892. The van der Waals surface area contributed by atoms with Crippen LogP contribution in [0.25, 0.3) is 22.1 Å². The van der Waals surface area contributed by atoms with E-state index in [9.17, 15) is 9.90 Å². The monoisotopic (exact) mass is 379 g/mol. The van der Waals surface area contributed by atoms with Crippen molar-refractivity contribution in [2.24, 2.45) is 5.92 Å². The van der Waals surface area contributed by atoms with Crippen molar-refractivity contribution in [1.82, 2.24) is 30.6 Å². The van der Waals surface area contributed by atoms with E-state index in [0.717, 1.165) is 5.39 Å². The molecule has 0 spiro atoms. The van der Waals surface area contributed by atoms with Gasteiger partial charge in [-0.25, -0.2) is 14.8 Å². The molecule has 0 bridgehead atoms. The van der Waals surface area contributed by atoms with Crippen LogP contribution in [0.15, 0.2) is 28.7 Å². The van der Waals surface area contributed by atoms with E-state index in [1.807, 2.05) is 24.3 Å². The Balaban J connectivity index is 1.60. The summed E-state index contributed by atoms with van der Waals surface area (Å²) >= 11 is 0. The second kappa shape index (κ2) is 6.25. The van der Waals surface area contributed by atoms with Crippen molar-refractivity contribution in [3.8, 4) is 0 Å². The first-order chi connectivity index (χ1) is 13.6. The van der Waals surface area contributed by atoms with E-state index < -0.39 is 12.0 Å². The number of nitrogens with zero attached hydrogens (tertiary/aromatic N) is 6. The van der Waals surface area contributed by atoms with Gasteiger partial charge in [0, 0.05) is 18.4 Å². The van der Waals surface area contributed by atoms with E-state index in [0.29, 0.717) is 53.5 Å². The van der Waals surface area contributed by atoms with Crippen LogP contribution in [0.4, 0.5) is 5.82 Å². The number of benzene rings is 1. The lowest BCUT2D eigenvalue weighted by Crippen LogP contribution is -2.36. The molecule has 0 saturated carbocycles. The number of aryl methyl sites for hydroxylation is 1. The first-order valence-corrected chi connectivity index (χ1v) is 8.98. The molecule has 4 heterocycles. The molecule has 0 aliphatic carbocycles. The summed E-state index contributed by atoms with van der Waals surface area (Å²) in [6, 6.07) is 6.91. The average molecular weight is 379 g/mol. The minimum absolute atomic E-state index is 0.0633. The summed E-state index contributed by atoms with van der Waals surface area (Å²) in [5.41, 5.74) is 1.91. The van der Waals surface area contributed by atoms with Crippen LogP contribution < -0.4 is 4.90 Å². The lowest BCUT2D eigenvalue weighted by molar-refractivity contribution is -0.138. The van der Waals surface area contributed by atoms with Gasteiger partial charge in [0.05, 0.1) is 0 Å². The SMILES string of the molecule is Cc1nc(N2C[C@@H](Cc3nn[nH]n3)C[C@H]2C(=O)O)c2oc3ccccc3c2n1. The number of nitrogens with one attached hydrogen (secondary N) is 1. The van der Waals surface area contributed by atoms with Crippen molar-refractivity contribution in [3.63, 3.8) is 0 Å². The second-order valence-corrected chi connectivity index (χ2v) is 7.01. The number of aromatic amines is 1. The Bertz CT molecular complexity index is 1170. The number of para-hydroxylation sites is 1. The lowest BCUT2D eigenvalue weighted by Gasteiger charge is -2.22. The van der Waals surface area contributed by atoms with Crippen molar-refractivity contribution in [1.29, 1.82) is 0 Å². The summed E-state index contributed by atoms with van der Waals surface area (Å²) in [5.74, 6) is 0.829. The number of hydrogen-bond acceptors (Lipinski definition) is 8. The van der Waals surface area contributed by atoms with Gasteiger partial charge < -0.3 is 14.4 Å². The van der Waals surface area contributed by atoms with Gasteiger partial charge in [0.15, 0.2) is 17.2 Å². The number of hydrogen-bond donors (Lipinski definition) is 2. The number of carboxylic acid groups (broad SMARTS) is 1. The Hall–Kier alpha value is -3.56. The van der Waals surface area contributed by atoms with Crippen LogP contribution >= 0.6 is 0 Å². The molecule has 2 N–H and O–H groups in total. The zero-order valence-electron chi connectivity index (χ0n) is 15.0. The van der Waals surface area contributed by atoms with E-state index in [1.54, 1.807) is 11.8 Å². The van der Waals surface area contributed by atoms with Gasteiger partial charge in [-0.3, -0.25) is 0 Å². The zero-order chi connectivity index (χ0) is 19.3. The zero-order valence-corrected chi connectivity index (χ0v) is 15.0. The number of H-pyrrole nitrogens is 1. The molecule has 1 aliphatic rings. The normalized spacial score (nSPS) is 19.7. The summed E-state index contributed by atoms with van der Waals surface area (Å²) in [6.45, 7) is 2.31. The Morgan fingerprint density at radius 2 is 2.21 bits per heavy atom. The smallest absolute Gasteiger partial charge is 0.326 e. The van der Waals surface area contributed by atoms with E-state index in [4.69, 9.17) is 4.42 Å². The van der Waals surface area contributed by atoms with Crippen LogP contribution in [0.3, 0.4) is 0 Å². The van der Waals surface area contributed by atoms with Crippen molar-refractivity contribution in [3.05, 3.63) is 35.9 Å². The number of anilines is 1. The van der Waals surface area contributed by atoms with E-state index in [1.165, 1.54) is 0 Å². The molecule has 1 aliphatic heterocycles. The number of rotatable bonds is 4. The molecule has 10 heteroatoms. The molecule has 10 nitrogen and oxygen atoms in total. The third kappa shape index (κ3) is 2.65. The molecule has 5 rings (SSSR count). The standard InChI is InChI=1S/C18H17N7O3/c1-9-19-15-11-4-2-3-5-13(11)28-16(15)17(20-9)25-8-10(6-12(25)18(26)27)7-14-21-23-24-22-14/h2-5,10,12H,6-8H2,1H3,(H,26,27)(H,21,22,23,24)/t10-,12+/m1/s1. The van der Waals surface area contributed by atoms with Gasteiger partial charge in [0.25, 0.3) is 0 Å². The number of furan rings is 1. The van der Waals surface area contributed by atoms with Gasteiger partial charge in [-0.2, -0.15) is 5.21 Å². The Labute approximate surface area is 158 Å². The third-order valence-electron chi connectivity index (χ3n) is 5.12. The molecule has 0 unspecified atom stereocenters. The summed E-state index contributed by atoms with van der Waals surface area (Å²) in [7, 11) is 0. The molecule has 28 heavy (non-hydrogen) atoms. The predicted molar refractivity (Wildman–Crippen MR) is 98.8 cm³/mol. The van der Waals surface area contributed by atoms with Crippen molar-refractivity contribution < 1.29 is 14.3 Å². The first-order valence-electron chi connectivity index (χ1n) is 8.98. The fourth-order valence-corrected chi connectivity index (χ4v) is 3.95. The average Bonchev–Trinajstić information content (AvgIpc) is 3.40. The Morgan fingerprint density at radius 3 is 3.00 bits per heavy atom. The topological polar surface area (TPSA) is 134 Å². The highest BCUT2D eigenvalue weighted by Crippen LogP contribution is 2.37. The maximum absolute atomic E-state index is 12.0. The largest absolute Gasteiger partial charge is 0.480 e. The van der Waals surface area contributed by atoms with Gasteiger partial charge in [0.2, 0.25) is 0 Å². The van der Waals surface area contributed by atoms with Crippen molar-refractivity contribution in [2.75, 3.05) is 11.4 Å². The lowest BCUT2D eigenvalue weighted by atomic mass is 10.0. The van der Waals surface area contributed by atoms with Crippen LogP contribution in [0, 0.1) is 12.8 Å². The maximum Gasteiger partial charge on any atom is 0.326 e. The molecule has 1 aromatic carbocycles. The van der Waals surface area contributed by atoms with Gasteiger partial charge >= 0.3 is 5.97 Å². The number of fused-ring (bicyclic) bond motifs is 3. The molecule has 1 saturated heterocycles. The number of carbonyl (C=O) groups is 1. The molecule has 1 fully saturated rings. The quantitative estimate of drug-likeness (QED) is 0.543. The van der Waals surface area contributed by atoms with Gasteiger partial charge in [-0.1, -0.05) is 17.3 Å². The molecular formula is C18H17N7O3. The highest BCUT2D eigenvalue weighted by Gasteiger charge is 2.39. The molecular weight excluding hydrogens is 362 g/mol. The van der Waals surface area contributed by atoms with E-state index >= 15 is 0 Å². The third-order valence-corrected chi connectivity index (χ3v) is 5.12. The van der Waals surface area contributed by atoms with E-state index in [-0.39, 0.29) is 5.92 Å². The molecule has 4 aromatic rings.